The van der Waals surface area contributed by atoms with Gasteiger partial charge in [0.05, 0.1) is 7.11 Å². The van der Waals surface area contributed by atoms with Crippen molar-refractivity contribution >= 4 is 5.97 Å². The summed E-state index contributed by atoms with van der Waals surface area (Å²) in [6, 6.07) is 4.05. The number of ether oxygens (including phenoxy) is 2. The zero-order valence-corrected chi connectivity index (χ0v) is 10.8. The Kier molecular flexibility index (Phi) is 5.58. The molecule has 5 heteroatoms. The smallest absolute Gasteiger partial charge is 0.326 e. The number of aryl methyl sites for hydroxylation is 1. The van der Waals surface area contributed by atoms with E-state index in [2.05, 4.69) is 10.1 Å². The Bertz CT molecular complexity index is 409. The molecule has 1 N–H and O–H groups in total. The Labute approximate surface area is 106 Å². The van der Waals surface area contributed by atoms with E-state index in [0.717, 1.165) is 0 Å². The zero-order valence-electron chi connectivity index (χ0n) is 10.8. The summed E-state index contributed by atoms with van der Waals surface area (Å²) in [7, 11) is 1.32. The highest BCUT2D eigenvalue weighted by molar-refractivity contribution is 5.75. The summed E-state index contributed by atoms with van der Waals surface area (Å²) in [6.07, 6.45) is 0. The summed E-state index contributed by atoms with van der Waals surface area (Å²) in [5.41, 5.74) is 0.554. The molecule has 0 bridgehead atoms. The summed E-state index contributed by atoms with van der Waals surface area (Å²) < 4.78 is 23.3. The maximum absolute atomic E-state index is 13.3. The van der Waals surface area contributed by atoms with E-state index in [0.29, 0.717) is 17.9 Å². The Morgan fingerprint density at radius 1 is 1.50 bits per heavy atom. The molecular weight excluding hydrogens is 237 g/mol. The lowest BCUT2D eigenvalue weighted by Crippen LogP contribution is -2.42. The Morgan fingerprint density at radius 3 is 2.78 bits per heavy atom. The highest BCUT2D eigenvalue weighted by Gasteiger charge is 2.18. The van der Waals surface area contributed by atoms with Crippen molar-refractivity contribution < 1.29 is 18.7 Å². The fourth-order valence-electron chi connectivity index (χ4n) is 1.44. The molecule has 0 saturated carbocycles. The van der Waals surface area contributed by atoms with Gasteiger partial charge in [-0.15, -0.1) is 0 Å². The predicted molar refractivity (Wildman–Crippen MR) is 66.1 cm³/mol. The highest BCUT2D eigenvalue weighted by atomic mass is 19.1. The van der Waals surface area contributed by atoms with E-state index in [4.69, 9.17) is 4.74 Å². The molecule has 0 spiro atoms. The van der Waals surface area contributed by atoms with Gasteiger partial charge in [-0.05, 0) is 25.1 Å². The molecule has 18 heavy (non-hydrogen) atoms. The normalized spacial score (nSPS) is 12.0. The van der Waals surface area contributed by atoms with Crippen molar-refractivity contribution in [3.63, 3.8) is 0 Å². The SMILES string of the molecule is CCNC(COc1ccc(C)c(F)c1)C(=O)OC. The number of carbonyl (C=O) groups is 1. The average Bonchev–Trinajstić information content (AvgIpc) is 2.37. The van der Waals surface area contributed by atoms with Gasteiger partial charge >= 0.3 is 5.97 Å². The largest absolute Gasteiger partial charge is 0.491 e. The predicted octanol–water partition coefficient (Wildman–Crippen LogP) is 1.66. The molecule has 0 radical (unpaired) electrons. The summed E-state index contributed by atoms with van der Waals surface area (Å²) in [5, 5.41) is 2.94. The molecule has 1 aromatic carbocycles. The van der Waals surface area contributed by atoms with Crippen LogP contribution in [0.5, 0.6) is 5.75 Å². The first-order valence-electron chi connectivity index (χ1n) is 5.78. The number of halogens is 1. The number of rotatable bonds is 6. The molecule has 0 aromatic heterocycles. The number of likely N-dealkylation sites (N-methyl/N-ethyl adjacent to an activating group) is 1. The van der Waals surface area contributed by atoms with E-state index < -0.39 is 12.0 Å². The molecule has 1 unspecified atom stereocenters. The van der Waals surface area contributed by atoms with Gasteiger partial charge in [0.15, 0.2) is 0 Å². The highest BCUT2D eigenvalue weighted by Crippen LogP contribution is 2.16. The van der Waals surface area contributed by atoms with Crippen LogP contribution in [0.3, 0.4) is 0 Å². The molecule has 0 amide bonds. The van der Waals surface area contributed by atoms with Crippen LogP contribution in [0, 0.1) is 12.7 Å². The second kappa shape index (κ2) is 6.96. The first-order chi connectivity index (χ1) is 8.58. The number of methoxy groups -OCH3 is 1. The van der Waals surface area contributed by atoms with E-state index in [1.807, 2.05) is 6.92 Å². The Morgan fingerprint density at radius 2 is 2.22 bits per heavy atom. The molecule has 100 valence electrons. The molecule has 0 saturated heterocycles. The van der Waals surface area contributed by atoms with Crippen LogP contribution in [0.4, 0.5) is 4.39 Å². The van der Waals surface area contributed by atoms with Crippen LogP contribution >= 0.6 is 0 Å². The molecule has 1 atom stereocenters. The van der Waals surface area contributed by atoms with E-state index in [1.54, 1.807) is 19.1 Å². The lowest BCUT2D eigenvalue weighted by atomic mass is 10.2. The van der Waals surface area contributed by atoms with E-state index in [9.17, 15) is 9.18 Å². The third-order valence-electron chi connectivity index (χ3n) is 2.50. The van der Waals surface area contributed by atoms with Crippen LogP contribution in [0.25, 0.3) is 0 Å². The first kappa shape index (κ1) is 14.4. The van der Waals surface area contributed by atoms with Crippen molar-refractivity contribution in [2.24, 2.45) is 0 Å². The second-order valence-corrected chi connectivity index (χ2v) is 3.86. The number of benzene rings is 1. The van der Waals surface area contributed by atoms with Crippen LogP contribution in [0.15, 0.2) is 18.2 Å². The van der Waals surface area contributed by atoms with Crippen LogP contribution in [0.1, 0.15) is 12.5 Å². The summed E-state index contributed by atoms with van der Waals surface area (Å²) in [5.74, 6) is -0.333. The van der Waals surface area contributed by atoms with Crippen molar-refractivity contribution in [3.05, 3.63) is 29.6 Å². The van der Waals surface area contributed by atoms with Gasteiger partial charge in [0.25, 0.3) is 0 Å². The van der Waals surface area contributed by atoms with Gasteiger partial charge < -0.3 is 14.8 Å². The molecule has 1 aromatic rings. The van der Waals surface area contributed by atoms with E-state index in [1.165, 1.54) is 13.2 Å². The van der Waals surface area contributed by atoms with Crippen LogP contribution in [-0.4, -0.2) is 32.3 Å². The number of hydrogen-bond donors (Lipinski definition) is 1. The van der Waals surface area contributed by atoms with Crippen LogP contribution in [-0.2, 0) is 9.53 Å². The quantitative estimate of drug-likeness (QED) is 0.785. The maximum atomic E-state index is 13.3. The minimum Gasteiger partial charge on any atom is -0.491 e. The number of carbonyl (C=O) groups excluding carboxylic acids is 1. The molecular formula is C13H18FNO3. The first-order valence-corrected chi connectivity index (χ1v) is 5.78. The van der Waals surface area contributed by atoms with Gasteiger partial charge in [0.1, 0.15) is 24.2 Å². The van der Waals surface area contributed by atoms with Gasteiger partial charge in [-0.3, -0.25) is 4.79 Å². The number of hydrogen-bond acceptors (Lipinski definition) is 4. The van der Waals surface area contributed by atoms with Crippen molar-refractivity contribution in [2.45, 2.75) is 19.9 Å². The Balaban J connectivity index is 2.60. The Hall–Kier alpha value is -1.62. The molecule has 0 aliphatic rings. The average molecular weight is 255 g/mol. The standard InChI is InChI=1S/C13H18FNO3/c1-4-15-12(13(16)17-3)8-18-10-6-5-9(2)11(14)7-10/h5-7,12,15H,4,8H2,1-3H3. The molecule has 0 aliphatic heterocycles. The van der Waals surface area contributed by atoms with Gasteiger partial charge in [-0.2, -0.15) is 0 Å². The summed E-state index contributed by atoms with van der Waals surface area (Å²) in [4.78, 5) is 11.4. The molecule has 4 nitrogen and oxygen atoms in total. The maximum Gasteiger partial charge on any atom is 0.326 e. The molecule has 0 aliphatic carbocycles. The fourth-order valence-corrected chi connectivity index (χ4v) is 1.44. The molecule has 1 rings (SSSR count). The van der Waals surface area contributed by atoms with Gasteiger partial charge in [0, 0.05) is 6.07 Å². The topological polar surface area (TPSA) is 47.6 Å². The van der Waals surface area contributed by atoms with Crippen molar-refractivity contribution in [3.8, 4) is 5.75 Å². The number of esters is 1. The lowest BCUT2D eigenvalue weighted by molar-refractivity contribution is -0.143. The second-order valence-electron chi connectivity index (χ2n) is 3.86. The zero-order chi connectivity index (χ0) is 13.5. The van der Waals surface area contributed by atoms with Crippen molar-refractivity contribution in [1.29, 1.82) is 0 Å². The van der Waals surface area contributed by atoms with Crippen molar-refractivity contribution in [2.75, 3.05) is 20.3 Å². The number of nitrogens with one attached hydrogen (secondary N) is 1. The van der Waals surface area contributed by atoms with E-state index >= 15 is 0 Å². The molecule has 0 heterocycles. The monoisotopic (exact) mass is 255 g/mol. The fraction of sp³-hybridized carbons (Fsp3) is 0.462. The third-order valence-corrected chi connectivity index (χ3v) is 2.50. The van der Waals surface area contributed by atoms with Gasteiger partial charge in [-0.1, -0.05) is 13.0 Å². The summed E-state index contributed by atoms with van der Waals surface area (Å²) in [6.45, 7) is 4.27. The van der Waals surface area contributed by atoms with E-state index in [-0.39, 0.29) is 12.4 Å². The van der Waals surface area contributed by atoms with Gasteiger partial charge in [-0.25, -0.2) is 4.39 Å². The minimum absolute atomic E-state index is 0.100. The van der Waals surface area contributed by atoms with Crippen LogP contribution < -0.4 is 10.1 Å². The summed E-state index contributed by atoms with van der Waals surface area (Å²) >= 11 is 0. The minimum atomic E-state index is -0.552. The van der Waals surface area contributed by atoms with Crippen molar-refractivity contribution in [1.82, 2.24) is 5.32 Å². The van der Waals surface area contributed by atoms with Crippen LogP contribution in [0.2, 0.25) is 0 Å². The third kappa shape index (κ3) is 4.00. The molecule has 0 fully saturated rings. The lowest BCUT2D eigenvalue weighted by Gasteiger charge is -2.16. The van der Waals surface area contributed by atoms with Gasteiger partial charge in [0.2, 0.25) is 0 Å².